The van der Waals surface area contributed by atoms with Crippen molar-refractivity contribution in [3.63, 3.8) is 0 Å². The van der Waals surface area contributed by atoms with Gasteiger partial charge in [0.05, 0.1) is 0 Å². The third-order valence-corrected chi connectivity index (χ3v) is 13.4. The van der Waals surface area contributed by atoms with E-state index in [9.17, 15) is 38.9 Å². The molecule has 0 bridgehead atoms. The van der Waals surface area contributed by atoms with E-state index in [0.29, 0.717) is 33.8 Å². The first-order chi connectivity index (χ1) is 30.1. The van der Waals surface area contributed by atoms with Crippen molar-refractivity contribution in [1.82, 2.24) is 0 Å². The van der Waals surface area contributed by atoms with Crippen LogP contribution in [0.15, 0.2) is 194 Å². The zero-order valence-corrected chi connectivity index (χ0v) is 43.4. The van der Waals surface area contributed by atoms with E-state index in [0.717, 1.165) is 32.9 Å². The van der Waals surface area contributed by atoms with Crippen molar-refractivity contribution in [2.24, 2.45) is 0 Å². The molecule has 0 saturated heterocycles. The van der Waals surface area contributed by atoms with Gasteiger partial charge in [0.1, 0.15) is 23.0 Å². The maximum atomic E-state index is 11.8. The van der Waals surface area contributed by atoms with Crippen molar-refractivity contribution in [3.05, 3.63) is 194 Å². The van der Waals surface area contributed by atoms with Crippen LogP contribution in [0, 0.1) is 0 Å². The van der Waals surface area contributed by atoms with Gasteiger partial charge in [0.15, 0.2) is 10.6 Å². The van der Waals surface area contributed by atoms with Crippen molar-refractivity contribution >= 4 is 54.0 Å². The van der Waals surface area contributed by atoms with E-state index in [1.54, 1.807) is 72.8 Å². The predicted octanol–water partition coefficient (Wildman–Crippen LogP) is 7.66. The molecule has 0 aromatic heterocycles. The van der Waals surface area contributed by atoms with Gasteiger partial charge in [0, 0.05) is 60.7 Å². The molecule has 0 amide bonds. The molecule has 10 nitrogen and oxygen atoms in total. The van der Waals surface area contributed by atoms with Crippen LogP contribution in [0.2, 0.25) is 0 Å². The summed E-state index contributed by atoms with van der Waals surface area (Å²) in [7, 11) is -8.82. The Bertz CT molecular complexity index is 2690. The molecule has 0 spiro atoms. The summed E-state index contributed by atoms with van der Waals surface area (Å²) in [6.45, 7) is 0. The van der Waals surface area contributed by atoms with Gasteiger partial charge in [0.2, 0.25) is 0 Å². The quantitative estimate of drug-likeness (QED) is 0.131. The average molecular weight is 1030 g/mol. The Hall–Kier alpha value is -4.89. The molecule has 8 aromatic rings. The van der Waals surface area contributed by atoms with Crippen molar-refractivity contribution < 1.29 is 86.9 Å². The molecular weight excluding hydrogens is 991 g/mol. The Morgan fingerprint density at radius 2 is 0.625 bits per heavy atom. The molecule has 4 atom stereocenters. The Kier molecular flexibility index (Phi) is 18.7. The van der Waals surface area contributed by atoms with Gasteiger partial charge in [-0.05, 0) is 59.7 Å². The standard InChI is InChI=1S/2C12H9O3P.2C12H8O2P.2Zn/c2*13-11-7-3-1-5-9(11)10-6-2-4-8-12(10)16(14)15;2*13-15-12-8-4-2-6-10(12)9-5-1-3-7-11(9)14-15;;/h2*1-8,13H;2*1-8H;;/q;;2*-1;2*+2. The number of benzene rings is 8. The molecule has 8 aromatic carbocycles. The number of phenolic OH excluding ortho intramolecular Hbond substituents is 2. The summed E-state index contributed by atoms with van der Waals surface area (Å²) in [5, 5.41) is 21.4. The van der Waals surface area contributed by atoms with Crippen molar-refractivity contribution in [2.45, 2.75) is 0 Å². The molecule has 4 unspecified atom stereocenters. The average Bonchev–Trinajstić information content (AvgIpc) is 3.30. The maximum absolute atomic E-state index is 11.8. The molecule has 10 rings (SSSR count). The summed E-state index contributed by atoms with van der Waals surface area (Å²) in [6.07, 6.45) is 0. The van der Waals surface area contributed by atoms with Crippen LogP contribution in [0.4, 0.5) is 0 Å². The van der Waals surface area contributed by atoms with E-state index in [-0.39, 0.29) is 61.1 Å². The minimum absolute atomic E-state index is 0. The van der Waals surface area contributed by atoms with Gasteiger partial charge in [-0.1, -0.05) is 155 Å². The van der Waals surface area contributed by atoms with Crippen molar-refractivity contribution in [1.29, 1.82) is 0 Å². The minimum Gasteiger partial charge on any atom is -0.795 e. The van der Waals surface area contributed by atoms with Gasteiger partial charge < -0.3 is 38.8 Å². The molecule has 2 heterocycles. The second kappa shape index (κ2) is 23.9. The van der Waals surface area contributed by atoms with Gasteiger partial charge in [0.25, 0.3) is 0 Å². The maximum Gasteiger partial charge on any atom is 2.00 e. The monoisotopic (exact) mass is 1020 g/mol. The largest absolute Gasteiger partial charge is 2.00 e. The molecule has 2 aliphatic rings. The summed E-state index contributed by atoms with van der Waals surface area (Å²) < 4.78 is 32.9. The van der Waals surface area contributed by atoms with Crippen LogP contribution in [0.25, 0.3) is 44.5 Å². The molecule has 2 aliphatic heterocycles. The van der Waals surface area contributed by atoms with Gasteiger partial charge in [-0.25, -0.2) is 0 Å². The second-order valence-corrected chi connectivity index (χ2v) is 17.7. The molecule has 0 radical (unpaired) electrons. The Labute approximate surface area is 400 Å². The fourth-order valence-corrected chi connectivity index (χ4v) is 9.93. The van der Waals surface area contributed by atoms with Crippen molar-refractivity contribution in [3.8, 4) is 67.5 Å². The summed E-state index contributed by atoms with van der Waals surface area (Å²) in [5.41, 5.74) is 6.16. The van der Waals surface area contributed by atoms with E-state index < -0.39 is 32.8 Å². The number of rotatable bonds is 4. The Morgan fingerprint density at radius 1 is 0.359 bits per heavy atom. The molecule has 0 aliphatic carbocycles. The third kappa shape index (κ3) is 11.9. The number of hydrogen-bond acceptors (Lipinski definition) is 10. The van der Waals surface area contributed by atoms with Crippen LogP contribution in [0.5, 0.6) is 23.0 Å². The van der Waals surface area contributed by atoms with E-state index >= 15 is 0 Å². The molecular formula is C48H34O10P4Zn2+2. The molecule has 64 heavy (non-hydrogen) atoms. The number of para-hydroxylation sites is 4. The fourth-order valence-electron chi connectivity index (χ4n) is 6.66. The van der Waals surface area contributed by atoms with Gasteiger partial charge >= 0.3 is 55.0 Å². The van der Waals surface area contributed by atoms with Crippen LogP contribution in [-0.2, 0) is 48.1 Å². The van der Waals surface area contributed by atoms with Crippen LogP contribution in [0.3, 0.4) is 0 Å². The topological polar surface area (TPSA) is 185 Å². The van der Waals surface area contributed by atoms with E-state index in [2.05, 4.69) is 0 Å². The first-order valence-corrected chi connectivity index (χ1v) is 23.5. The summed E-state index contributed by atoms with van der Waals surface area (Å²) in [4.78, 5) is 45.7. The zero-order valence-electron chi connectivity index (χ0n) is 33.8. The van der Waals surface area contributed by atoms with Crippen LogP contribution < -0.4 is 49.8 Å². The summed E-state index contributed by atoms with van der Waals surface area (Å²) in [5.74, 6) is 1.56. The molecule has 0 saturated carbocycles. The normalized spacial score (nSPS) is 13.8. The molecule has 308 valence electrons. The summed E-state index contributed by atoms with van der Waals surface area (Å²) >= 11 is 0. The predicted molar refractivity (Wildman–Crippen MR) is 240 cm³/mol. The van der Waals surface area contributed by atoms with Crippen LogP contribution >= 0.6 is 32.8 Å². The van der Waals surface area contributed by atoms with Gasteiger partial charge in [-0.15, -0.1) is 0 Å². The SMILES string of the molecule is O=[P+]([O-])c1ccccc1-c1ccccc1O.O=[P+]([O-])c1ccccc1-c1ccccc1O.[O-]P1Oc2ccccc2-c2ccccc21.[O-]P1Oc2ccccc2-c2ccccc21.[Zn+2].[Zn+2]. The number of phenols is 2. The molecule has 2 N–H and O–H groups in total. The molecule has 16 heteroatoms. The number of fused-ring (bicyclic) bond motifs is 6. The van der Waals surface area contributed by atoms with Crippen LogP contribution in [-0.4, -0.2) is 10.2 Å². The first-order valence-electron chi connectivity index (χ1n) is 18.8. The zero-order chi connectivity index (χ0) is 43.6. The minimum atomic E-state index is -2.66. The Morgan fingerprint density at radius 3 is 0.969 bits per heavy atom. The summed E-state index contributed by atoms with van der Waals surface area (Å²) in [6, 6.07) is 57.2. The first kappa shape index (κ1) is 50.1. The molecule has 0 fully saturated rings. The Balaban J connectivity index is 0.000000159. The van der Waals surface area contributed by atoms with Crippen LogP contribution in [0.1, 0.15) is 0 Å². The van der Waals surface area contributed by atoms with E-state index in [1.165, 1.54) is 24.3 Å². The van der Waals surface area contributed by atoms with E-state index in [4.69, 9.17) is 9.05 Å². The van der Waals surface area contributed by atoms with Gasteiger partial charge in [-0.2, -0.15) is 0 Å². The van der Waals surface area contributed by atoms with Crippen molar-refractivity contribution in [2.75, 3.05) is 0 Å². The fraction of sp³-hybridized carbons (Fsp3) is 0. The third-order valence-electron chi connectivity index (χ3n) is 9.51. The number of hydrogen-bond donors (Lipinski definition) is 2. The van der Waals surface area contributed by atoms with E-state index in [1.807, 2.05) is 97.1 Å². The second-order valence-electron chi connectivity index (χ2n) is 13.3. The number of aromatic hydroxyl groups is 2. The smallest absolute Gasteiger partial charge is 0.795 e. The van der Waals surface area contributed by atoms with Gasteiger partial charge in [-0.3, -0.25) is 0 Å².